The first-order valence-electron chi connectivity index (χ1n) is 4.58. The molecule has 0 aliphatic rings. The number of hydrogen-bond acceptors (Lipinski definition) is 2. The summed E-state index contributed by atoms with van der Waals surface area (Å²) in [6, 6.07) is 10.5. The van der Waals surface area contributed by atoms with Crippen LogP contribution in [0.2, 0.25) is 0 Å². The van der Waals surface area contributed by atoms with Gasteiger partial charge in [0.1, 0.15) is 0 Å². The second-order valence-electron chi connectivity index (χ2n) is 2.92. The van der Waals surface area contributed by atoms with Crippen LogP contribution in [0.15, 0.2) is 33.6 Å². The summed E-state index contributed by atoms with van der Waals surface area (Å²) in [6.45, 7) is 0. The lowest BCUT2D eigenvalue weighted by Crippen LogP contribution is -1.80. The van der Waals surface area contributed by atoms with Crippen LogP contribution in [-0.2, 0) is 0 Å². The van der Waals surface area contributed by atoms with E-state index in [0.29, 0.717) is 6.42 Å². The van der Waals surface area contributed by atoms with Gasteiger partial charge in [-0.3, -0.25) is 0 Å². The Morgan fingerprint density at radius 2 is 1.93 bits per heavy atom. The Balaban J connectivity index is 2.19. The van der Waals surface area contributed by atoms with E-state index in [0.717, 1.165) is 23.1 Å². The van der Waals surface area contributed by atoms with E-state index in [1.54, 1.807) is 0 Å². The van der Waals surface area contributed by atoms with Gasteiger partial charge in [0.25, 0.3) is 0 Å². The lowest BCUT2D eigenvalue weighted by atomic mass is 10.3. The second kappa shape index (κ2) is 6.92. The zero-order valence-electron chi connectivity index (χ0n) is 7.87. The molecule has 3 heteroatoms. The molecule has 1 nitrogen and oxygen atoms in total. The molecular formula is C11H12BrNS. The van der Waals surface area contributed by atoms with Crippen LogP contribution in [-0.4, -0.2) is 5.75 Å². The molecule has 0 fully saturated rings. The third-order valence-corrected chi connectivity index (χ3v) is 3.39. The molecule has 14 heavy (non-hydrogen) atoms. The normalized spacial score (nSPS) is 9.71. The molecule has 0 unspecified atom stereocenters. The molecule has 1 aromatic rings. The highest BCUT2D eigenvalue weighted by molar-refractivity contribution is 9.10. The van der Waals surface area contributed by atoms with Crippen molar-refractivity contribution < 1.29 is 0 Å². The summed E-state index contributed by atoms with van der Waals surface area (Å²) in [6.07, 6.45) is 2.81. The molecule has 1 rings (SSSR count). The van der Waals surface area contributed by atoms with E-state index in [1.807, 2.05) is 11.8 Å². The number of thioether (sulfide) groups is 1. The van der Waals surface area contributed by atoms with E-state index in [2.05, 4.69) is 46.3 Å². The minimum Gasteiger partial charge on any atom is -0.198 e. The third-order valence-electron chi connectivity index (χ3n) is 1.77. The van der Waals surface area contributed by atoms with Crippen LogP contribution in [0, 0.1) is 11.3 Å². The van der Waals surface area contributed by atoms with Gasteiger partial charge >= 0.3 is 0 Å². The Hall–Kier alpha value is -0.460. The average Bonchev–Trinajstić information content (AvgIpc) is 2.21. The Kier molecular flexibility index (Phi) is 5.74. The first-order valence-corrected chi connectivity index (χ1v) is 6.36. The largest absolute Gasteiger partial charge is 0.198 e. The second-order valence-corrected chi connectivity index (χ2v) is 5.00. The number of hydrogen-bond donors (Lipinski definition) is 0. The van der Waals surface area contributed by atoms with Crippen LogP contribution in [0.25, 0.3) is 0 Å². The lowest BCUT2D eigenvalue weighted by molar-refractivity contribution is 0.830. The highest BCUT2D eigenvalue weighted by Gasteiger charge is 1.94. The number of nitrogens with zero attached hydrogens (tertiary/aromatic N) is 1. The van der Waals surface area contributed by atoms with Gasteiger partial charge in [0.15, 0.2) is 0 Å². The molecule has 0 heterocycles. The fourth-order valence-electron chi connectivity index (χ4n) is 1.03. The molecule has 0 saturated heterocycles. The smallest absolute Gasteiger partial charge is 0.0621 e. The van der Waals surface area contributed by atoms with Gasteiger partial charge < -0.3 is 0 Å². The van der Waals surface area contributed by atoms with Gasteiger partial charge in [0.05, 0.1) is 6.07 Å². The Labute approximate surface area is 97.6 Å². The Morgan fingerprint density at radius 3 is 2.57 bits per heavy atom. The molecule has 0 bridgehead atoms. The molecule has 0 radical (unpaired) electrons. The summed E-state index contributed by atoms with van der Waals surface area (Å²) in [7, 11) is 0. The van der Waals surface area contributed by atoms with E-state index in [9.17, 15) is 0 Å². The molecule has 0 saturated carbocycles. The van der Waals surface area contributed by atoms with E-state index in [-0.39, 0.29) is 0 Å². The molecule has 0 aliphatic carbocycles. The number of unbranched alkanes of at least 4 members (excludes halogenated alkanes) is 2. The summed E-state index contributed by atoms with van der Waals surface area (Å²) in [5.41, 5.74) is 0. The monoisotopic (exact) mass is 269 g/mol. The van der Waals surface area contributed by atoms with Gasteiger partial charge in [-0.25, -0.2) is 0 Å². The SMILES string of the molecule is N#CCCCCSc1ccc(Br)cc1. The van der Waals surface area contributed by atoms with Crippen molar-refractivity contribution in [2.24, 2.45) is 0 Å². The first-order chi connectivity index (χ1) is 6.83. The molecule has 0 spiro atoms. The zero-order chi connectivity index (χ0) is 10.2. The van der Waals surface area contributed by atoms with Crippen molar-refractivity contribution in [3.05, 3.63) is 28.7 Å². The summed E-state index contributed by atoms with van der Waals surface area (Å²) >= 11 is 5.25. The first kappa shape index (κ1) is 11.6. The van der Waals surface area contributed by atoms with E-state index in [4.69, 9.17) is 5.26 Å². The van der Waals surface area contributed by atoms with Crippen LogP contribution < -0.4 is 0 Å². The van der Waals surface area contributed by atoms with Crippen LogP contribution in [0.4, 0.5) is 0 Å². The van der Waals surface area contributed by atoms with Gasteiger partial charge in [-0.2, -0.15) is 5.26 Å². The van der Waals surface area contributed by atoms with Crippen LogP contribution in [0.3, 0.4) is 0 Å². The fraction of sp³-hybridized carbons (Fsp3) is 0.364. The maximum atomic E-state index is 8.35. The minimum atomic E-state index is 0.681. The molecule has 0 aliphatic heterocycles. The quantitative estimate of drug-likeness (QED) is 0.590. The number of benzene rings is 1. The van der Waals surface area contributed by atoms with Crippen molar-refractivity contribution in [3.8, 4) is 6.07 Å². The van der Waals surface area contributed by atoms with Crippen molar-refractivity contribution in [1.82, 2.24) is 0 Å². The van der Waals surface area contributed by atoms with Crippen LogP contribution >= 0.6 is 27.7 Å². The van der Waals surface area contributed by atoms with Crippen molar-refractivity contribution in [2.75, 3.05) is 5.75 Å². The predicted molar refractivity (Wildman–Crippen MR) is 64.3 cm³/mol. The number of halogens is 1. The molecule has 0 aromatic heterocycles. The number of rotatable bonds is 5. The maximum absolute atomic E-state index is 8.35. The summed E-state index contributed by atoms with van der Waals surface area (Å²) < 4.78 is 1.12. The summed E-state index contributed by atoms with van der Waals surface area (Å²) in [5.74, 6) is 1.10. The van der Waals surface area contributed by atoms with Crippen molar-refractivity contribution >= 4 is 27.7 Å². The van der Waals surface area contributed by atoms with Gasteiger partial charge in [-0.15, -0.1) is 11.8 Å². The standard InChI is InChI=1S/C11H12BrNS/c12-10-4-6-11(7-5-10)14-9-3-1-2-8-13/h4-7H,1-3,9H2. The average molecular weight is 270 g/mol. The van der Waals surface area contributed by atoms with Gasteiger partial charge in [0.2, 0.25) is 0 Å². The van der Waals surface area contributed by atoms with E-state index < -0.39 is 0 Å². The fourth-order valence-corrected chi connectivity index (χ4v) is 2.20. The Morgan fingerprint density at radius 1 is 1.21 bits per heavy atom. The topological polar surface area (TPSA) is 23.8 Å². The van der Waals surface area contributed by atoms with Gasteiger partial charge in [-0.05, 0) is 42.9 Å². The molecule has 74 valence electrons. The highest BCUT2D eigenvalue weighted by Crippen LogP contribution is 2.21. The summed E-state index contributed by atoms with van der Waals surface area (Å²) in [5, 5.41) is 8.35. The molecule has 0 N–H and O–H groups in total. The minimum absolute atomic E-state index is 0.681. The lowest BCUT2D eigenvalue weighted by Gasteiger charge is -2.00. The highest BCUT2D eigenvalue weighted by atomic mass is 79.9. The molecule has 0 atom stereocenters. The van der Waals surface area contributed by atoms with Crippen LogP contribution in [0.1, 0.15) is 19.3 Å². The third kappa shape index (κ3) is 4.69. The summed E-state index contributed by atoms with van der Waals surface area (Å²) in [4.78, 5) is 1.30. The zero-order valence-corrected chi connectivity index (χ0v) is 10.3. The maximum Gasteiger partial charge on any atom is 0.0621 e. The Bertz CT molecular complexity index is 302. The molecular weight excluding hydrogens is 258 g/mol. The van der Waals surface area contributed by atoms with Crippen molar-refractivity contribution in [3.63, 3.8) is 0 Å². The predicted octanol–water partition coefficient (Wildman–Crippen LogP) is 4.24. The molecule has 1 aromatic carbocycles. The van der Waals surface area contributed by atoms with Gasteiger partial charge in [0, 0.05) is 15.8 Å². The molecule has 0 amide bonds. The van der Waals surface area contributed by atoms with Crippen LogP contribution in [0.5, 0.6) is 0 Å². The van der Waals surface area contributed by atoms with Crippen molar-refractivity contribution in [2.45, 2.75) is 24.2 Å². The van der Waals surface area contributed by atoms with Crippen molar-refractivity contribution in [1.29, 1.82) is 5.26 Å². The van der Waals surface area contributed by atoms with Gasteiger partial charge in [-0.1, -0.05) is 15.9 Å². The van der Waals surface area contributed by atoms with E-state index >= 15 is 0 Å². The number of nitriles is 1. The van der Waals surface area contributed by atoms with E-state index in [1.165, 1.54) is 4.90 Å².